The third-order valence-corrected chi connectivity index (χ3v) is 6.91. The first kappa shape index (κ1) is 25.1. The van der Waals surface area contributed by atoms with Crippen LogP contribution >= 0.6 is 11.3 Å². The third-order valence-electron chi connectivity index (χ3n) is 5.77. The average Bonchev–Trinajstić information content (AvgIpc) is 3.36. The predicted octanol–water partition coefficient (Wildman–Crippen LogP) is 4.71. The summed E-state index contributed by atoms with van der Waals surface area (Å²) in [4.78, 5) is 44.6. The van der Waals surface area contributed by atoms with E-state index < -0.39 is 29.5 Å². The minimum atomic E-state index is -1.10. The maximum absolute atomic E-state index is 13.7. The number of ether oxygens (including phenoxy) is 2. The molecule has 2 heterocycles. The number of nitrogens with zero attached hydrogens (tertiary/aromatic N) is 2. The van der Waals surface area contributed by atoms with Crippen LogP contribution in [0.4, 0.5) is 9.52 Å². The van der Waals surface area contributed by atoms with E-state index in [4.69, 9.17) is 9.47 Å². The summed E-state index contributed by atoms with van der Waals surface area (Å²) in [6, 6.07) is 9.06. The highest BCUT2D eigenvalue weighted by Gasteiger charge is 2.48. The minimum Gasteiger partial charge on any atom is -0.507 e. The first-order valence-electron chi connectivity index (χ1n) is 11.0. The van der Waals surface area contributed by atoms with Crippen molar-refractivity contribution < 1.29 is 33.4 Å². The Kier molecular flexibility index (Phi) is 6.89. The Hall–Kier alpha value is -4.05. The number of methoxy groups -OCH3 is 1. The van der Waals surface area contributed by atoms with E-state index in [-0.39, 0.29) is 27.9 Å². The van der Waals surface area contributed by atoms with Crippen LogP contribution in [0.15, 0.2) is 48.0 Å². The first-order valence-corrected chi connectivity index (χ1v) is 11.9. The number of amides is 1. The van der Waals surface area contributed by atoms with Crippen molar-refractivity contribution in [3.8, 4) is 5.75 Å². The summed E-state index contributed by atoms with van der Waals surface area (Å²) < 4.78 is 24.0. The number of esters is 1. The number of aromatic nitrogens is 1. The van der Waals surface area contributed by atoms with Gasteiger partial charge in [-0.05, 0) is 62.2 Å². The quantitative estimate of drug-likeness (QED) is 0.222. The van der Waals surface area contributed by atoms with Gasteiger partial charge in [0.1, 0.15) is 22.2 Å². The number of benzene rings is 2. The van der Waals surface area contributed by atoms with E-state index in [1.54, 1.807) is 39.0 Å². The van der Waals surface area contributed by atoms with Crippen molar-refractivity contribution >= 4 is 39.9 Å². The normalized spacial score (nSPS) is 16.9. The van der Waals surface area contributed by atoms with Gasteiger partial charge in [-0.25, -0.2) is 14.2 Å². The van der Waals surface area contributed by atoms with Gasteiger partial charge in [0, 0.05) is 5.56 Å². The molecule has 0 aliphatic carbocycles. The van der Waals surface area contributed by atoms with Gasteiger partial charge in [0.25, 0.3) is 5.78 Å². The maximum Gasteiger partial charge on any atom is 0.350 e. The molecule has 2 aromatic carbocycles. The zero-order valence-electron chi connectivity index (χ0n) is 20.0. The predicted molar refractivity (Wildman–Crippen MR) is 132 cm³/mol. The molecule has 1 amide bonds. The van der Waals surface area contributed by atoms with Crippen LogP contribution in [0, 0.1) is 19.7 Å². The van der Waals surface area contributed by atoms with Crippen LogP contribution in [0.5, 0.6) is 5.75 Å². The van der Waals surface area contributed by atoms with Gasteiger partial charge in [-0.2, -0.15) is 0 Å². The highest BCUT2D eigenvalue weighted by molar-refractivity contribution is 7.17. The van der Waals surface area contributed by atoms with Crippen LogP contribution in [-0.4, -0.2) is 41.5 Å². The van der Waals surface area contributed by atoms with Crippen LogP contribution in [-0.2, 0) is 14.3 Å². The fourth-order valence-corrected chi connectivity index (χ4v) is 5.02. The SMILES string of the molecule is CCOC(=O)c1sc(N2C(=O)C(=O)/C(=C(/O)c3ccc(OC)cc3C)C2c2ccc(F)cc2)nc1C. The molecule has 0 bridgehead atoms. The van der Waals surface area contributed by atoms with Gasteiger partial charge >= 0.3 is 11.9 Å². The standard InChI is InChI=1S/C26H23FN2O6S/c1-5-35-25(33)23-14(3)28-26(36-23)29-20(15-6-8-16(27)9-7-15)19(22(31)24(29)32)21(30)18-11-10-17(34-4)12-13(18)2/h6-12,20,30H,5H2,1-4H3/b21-19+. The van der Waals surface area contributed by atoms with Gasteiger partial charge in [-0.3, -0.25) is 14.5 Å². The number of aliphatic hydroxyl groups excluding tert-OH is 1. The molecule has 36 heavy (non-hydrogen) atoms. The molecule has 1 saturated heterocycles. The summed E-state index contributed by atoms with van der Waals surface area (Å²) >= 11 is 0.902. The highest BCUT2D eigenvalue weighted by atomic mass is 32.1. The number of halogens is 1. The number of carbonyl (C=O) groups is 3. The molecule has 3 aromatic rings. The molecule has 8 nitrogen and oxygen atoms in total. The number of ketones is 1. The fraction of sp³-hybridized carbons (Fsp3) is 0.231. The summed E-state index contributed by atoms with van der Waals surface area (Å²) in [6.45, 7) is 5.16. The molecule has 1 aliphatic heterocycles. The lowest BCUT2D eigenvalue weighted by atomic mass is 9.94. The third kappa shape index (κ3) is 4.35. The van der Waals surface area contributed by atoms with E-state index in [2.05, 4.69) is 4.98 Å². The molecule has 0 spiro atoms. The molecular formula is C26H23FN2O6S. The second kappa shape index (κ2) is 9.90. The van der Waals surface area contributed by atoms with Gasteiger partial charge in [-0.1, -0.05) is 23.5 Å². The van der Waals surface area contributed by atoms with E-state index in [1.807, 2.05) is 0 Å². The molecule has 1 unspecified atom stereocenters. The molecule has 0 saturated carbocycles. The van der Waals surface area contributed by atoms with Crippen molar-refractivity contribution in [3.05, 3.63) is 81.1 Å². The summed E-state index contributed by atoms with van der Waals surface area (Å²) in [7, 11) is 1.51. The number of rotatable bonds is 6. The second-order valence-electron chi connectivity index (χ2n) is 8.03. The molecule has 10 heteroatoms. The number of thiazole rings is 1. The fourth-order valence-electron chi connectivity index (χ4n) is 4.04. The van der Waals surface area contributed by atoms with Crippen LogP contribution < -0.4 is 9.64 Å². The molecule has 1 aliphatic rings. The summed E-state index contributed by atoms with van der Waals surface area (Å²) in [5, 5.41) is 11.4. The van der Waals surface area contributed by atoms with Crippen molar-refractivity contribution in [3.63, 3.8) is 0 Å². The summed E-state index contributed by atoms with van der Waals surface area (Å²) in [6.07, 6.45) is 0. The lowest BCUT2D eigenvalue weighted by Gasteiger charge is -2.23. The minimum absolute atomic E-state index is 0.0810. The Morgan fingerprint density at radius 1 is 1.17 bits per heavy atom. The second-order valence-corrected chi connectivity index (χ2v) is 9.01. The molecule has 1 atom stereocenters. The lowest BCUT2D eigenvalue weighted by Crippen LogP contribution is -2.29. The van der Waals surface area contributed by atoms with Crippen molar-refractivity contribution in [2.75, 3.05) is 18.6 Å². The van der Waals surface area contributed by atoms with Crippen molar-refractivity contribution in [1.82, 2.24) is 4.98 Å². The molecule has 0 radical (unpaired) electrons. The summed E-state index contributed by atoms with van der Waals surface area (Å²) in [5.74, 6) is -2.78. The number of aliphatic hydroxyl groups is 1. The smallest absolute Gasteiger partial charge is 0.350 e. The zero-order chi connectivity index (χ0) is 26.1. The maximum atomic E-state index is 13.7. The van der Waals surface area contributed by atoms with E-state index in [0.717, 1.165) is 16.2 Å². The van der Waals surface area contributed by atoms with E-state index in [9.17, 15) is 23.9 Å². The van der Waals surface area contributed by atoms with Gasteiger partial charge < -0.3 is 14.6 Å². The van der Waals surface area contributed by atoms with Crippen molar-refractivity contribution in [2.24, 2.45) is 0 Å². The molecule has 1 N–H and O–H groups in total. The Labute approximate surface area is 210 Å². The zero-order valence-corrected chi connectivity index (χ0v) is 20.8. The first-order chi connectivity index (χ1) is 17.2. The van der Waals surface area contributed by atoms with Gasteiger partial charge in [0.2, 0.25) is 0 Å². The Bertz CT molecular complexity index is 1400. The van der Waals surface area contributed by atoms with E-state index in [1.165, 1.54) is 31.4 Å². The molecular weight excluding hydrogens is 487 g/mol. The monoisotopic (exact) mass is 510 g/mol. The number of carbonyl (C=O) groups excluding carboxylic acids is 3. The molecule has 4 rings (SSSR count). The van der Waals surface area contributed by atoms with Crippen molar-refractivity contribution in [1.29, 1.82) is 0 Å². The number of hydrogen-bond acceptors (Lipinski definition) is 8. The van der Waals surface area contributed by atoms with E-state index in [0.29, 0.717) is 28.1 Å². The van der Waals surface area contributed by atoms with Gasteiger partial charge in [0.05, 0.1) is 31.0 Å². The van der Waals surface area contributed by atoms with Gasteiger partial charge in [-0.15, -0.1) is 0 Å². The number of anilines is 1. The lowest BCUT2D eigenvalue weighted by molar-refractivity contribution is -0.132. The molecule has 186 valence electrons. The number of hydrogen-bond donors (Lipinski definition) is 1. The number of Topliss-reactive ketones (excluding diaryl/α,β-unsaturated/α-hetero) is 1. The molecule has 1 aromatic heterocycles. The highest BCUT2D eigenvalue weighted by Crippen LogP contribution is 2.44. The van der Waals surface area contributed by atoms with Crippen LogP contribution in [0.2, 0.25) is 0 Å². The van der Waals surface area contributed by atoms with Crippen LogP contribution in [0.3, 0.4) is 0 Å². The summed E-state index contributed by atoms with van der Waals surface area (Å²) in [5.41, 5.74) is 1.49. The number of aryl methyl sites for hydroxylation is 2. The topological polar surface area (TPSA) is 106 Å². The van der Waals surface area contributed by atoms with Crippen LogP contribution in [0.1, 0.15) is 45.0 Å². The Morgan fingerprint density at radius 2 is 1.86 bits per heavy atom. The van der Waals surface area contributed by atoms with Gasteiger partial charge in [0.15, 0.2) is 5.13 Å². The Balaban J connectivity index is 1.92. The van der Waals surface area contributed by atoms with Crippen LogP contribution in [0.25, 0.3) is 5.76 Å². The molecule has 1 fully saturated rings. The Morgan fingerprint density at radius 3 is 2.47 bits per heavy atom. The van der Waals surface area contributed by atoms with Crippen molar-refractivity contribution in [2.45, 2.75) is 26.8 Å². The van der Waals surface area contributed by atoms with E-state index >= 15 is 0 Å². The largest absolute Gasteiger partial charge is 0.507 e. The average molecular weight is 511 g/mol.